The van der Waals surface area contributed by atoms with Gasteiger partial charge >= 0.3 is 0 Å². The highest BCUT2D eigenvalue weighted by molar-refractivity contribution is 7.98. The van der Waals surface area contributed by atoms with Crippen LogP contribution in [0.4, 0.5) is 0 Å². The van der Waals surface area contributed by atoms with Gasteiger partial charge in [0.1, 0.15) is 0 Å². The molecule has 0 spiro atoms. The molecule has 1 heterocycles. The normalized spacial score (nSPS) is 10.8. The number of hydrogen-bond donors (Lipinski definition) is 1. The van der Waals surface area contributed by atoms with Crippen molar-refractivity contribution in [3.8, 4) is 0 Å². The predicted molar refractivity (Wildman–Crippen MR) is 66.3 cm³/mol. The molecule has 2 aromatic rings. The first-order valence-corrected chi connectivity index (χ1v) is 6.15. The first-order chi connectivity index (χ1) is 7.35. The summed E-state index contributed by atoms with van der Waals surface area (Å²) >= 11 is 1.77. The zero-order valence-electron chi connectivity index (χ0n) is 8.95. The number of benzene rings is 1. The van der Waals surface area contributed by atoms with E-state index in [1.807, 2.05) is 13.1 Å². The molecule has 0 amide bonds. The molecular weight excluding hydrogens is 204 g/mol. The minimum atomic E-state index is 0.818. The standard InChI is InChI=1S/C12H14N2S/c1-13-8-9-7-12(15-2)10-5-3-4-6-11(10)14-9/h3-7,13H,8H2,1-2H3. The number of nitrogens with zero attached hydrogens (tertiary/aromatic N) is 1. The maximum absolute atomic E-state index is 4.60. The van der Waals surface area contributed by atoms with Gasteiger partial charge in [0.2, 0.25) is 0 Å². The van der Waals surface area contributed by atoms with Gasteiger partial charge in [-0.15, -0.1) is 11.8 Å². The molecule has 78 valence electrons. The van der Waals surface area contributed by atoms with Crippen molar-refractivity contribution in [1.82, 2.24) is 10.3 Å². The van der Waals surface area contributed by atoms with Crippen molar-refractivity contribution in [2.45, 2.75) is 11.4 Å². The highest BCUT2D eigenvalue weighted by Gasteiger charge is 2.03. The molecule has 2 rings (SSSR count). The molecule has 2 nitrogen and oxygen atoms in total. The van der Waals surface area contributed by atoms with Crippen LogP contribution < -0.4 is 5.32 Å². The number of hydrogen-bond acceptors (Lipinski definition) is 3. The van der Waals surface area contributed by atoms with Crippen LogP contribution in [0.5, 0.6) is 0 Å². The van der Waals surface area contributed by atoms with Crippen molar-refractivity contribution in [1.29, 1.82) is 0 Å². The number of aromatic nitrogens is 1. The topological polar surface area (TPSA) is 24.9 Å². The average Bonchev–Trinajstić information content (AvgIpc) is 2.28. The predicted octanol–water partition coefficient (Wildman–Crippen LogP) is 2.68. The average molecular weight is 218 g/mol. The molecule has 0 unspecified atom stereocenters. The molecule has 0 radical (unpaired) electrons. The Morgan fingerprint density at radius 1 is 1.33 bits per heavy atom. The van der Waals surface area contributed by atoms with Crippen LogP contribution >= 0.6 is 11.8 Å². The van der Waals surface area contributed by atoms with Crippen LogP contribution in [-0.4, -0.2) is 18.3 Å². The van der Waals surface area contributed by atoms with Gasteiger partial charge in [-0.05, 0) is 25.4 Å². The molecular formula is C12H14N2S. The van der Waals surface area contributed by atoms with Crippen molar-refractivity contribution in [2.24, 2.45) is 0 Å². The molecule has 1 aromatic heterocycles. The largest absolute Gasteiger partial charge is 0.314 e. The SMILES string of the molecule is CNCc1cc(SC)c2ccccc2n1. The van der Waals surface area contributed by atoms with E-state index < -0.39 is 0 Å². The molecule has 1 aromatic carbocycles. The first-order valence-electron chi connectivity index (χ1n) is 4.92. The van der Waals surface area contributed by atoms with Gasteiger partial charge in [0.25, 0.3) is 0 Å². The molecule has 0 fully saturated rings. The summed E-state index contributed by atoms with van der Waals surface area (Å²) in [5.41, 5.74) is 2.18. The Balaban J connectivity index is 2.60. The maximum atomic E-state index is 4.60. The van der Waals surface area contributed by atoms with Crippen LogP contribution in [0.2, 0.25) is 0 Å². The quantitative estimate of drug-likeness (QED) is 0.802. The van der Waals surface area contributed by atoms with Crippen LogP contribution in [0.3, 0.4) is 0 Å². The van der Waals surface area contributed by atoms with Gasteiger partial charge in [-0.3, -0.25) is 4.98 Å². The molecule has 0 saturated heterocycles. The van der Waals surface area contributed by atoms with E-state index in [-0.39, 0.29) is 0 Å². The molecule has 0 atom stereocenters. The Morgan fingerprint density at radius 3 is 2.87 bits per heavy atom. The van der Waals surface area contributed by atoms with Gasteiger partial charge in [-0.2, -0.15) is 0 Å². The number of nitrogens with one attached hydrogen (secondary N) is 1. The van der Waals surface area contributed by atoms with E-state index in [1.54, 1.807) is 11.8 Å². The minimum absolute atomic E-state index is 0.818. The van der Waals surface area contributed by atoms with Crippen LogP contribution in [0, 0.1) is 0 Å². The van der Waals surface area contributed by atoms with Crippen LogP contribution in [-0.2, 0) is 6.54 Å². The van der Waals surface area contributed by atoms with Crippen molar-refractivity contribution in [3.63, 3.8) is 0 Å². The third-order valence-corrected chi connectivity index (χ3v) is 3.09. The molecule has 0 aliphatic carbocycles. The lowest BCUT2D eigenvalue weighted by molar-refractivity contribution is 0.793. The van der Waals surface area contributed by atoms with Crippen molar-refractivity contribution >= 4 is 22.7 Å². The Morgan fingerprint density at radius 2 is 2.13 bits per heavy atom. The zero-order valence-corrected chi connectivity index (χ0v) is 9.77. The van der Waals surface area contributed by atoms with E-state index in [0.29, 0.717) is 0 Å². The Hall–Kier alpha value is -1.06. The summed E-state index contributed by atoms with van der Waals surface area (Å²) in [6.45, 7) is 0.818. The van der Waals surface area contributed by atoms with Gasteiger partial charge in [0, 0.05) is 16.8 Å². The van der Waals surface area contributed by atoms with Crippen LogP contribution in [0.15, 0.2) is 35.2 Å². The monoisotopic (exact) mass is 218 g/mol. The fourth-order valence-corrected chi connectivity index (χ4v) is 2.28. The lowest BCUT2D eigenvalue weighted by atomic mass is 10.2. The van der Waals surface area contributed by atoms with E-state index in [1.165, 1.54) is 10.3 Å². The molecule has 3 heteroatoms. The molecule has 0 bridgehead atoms. The minimum Gasteiger partial charge on any atom is -0.314 e. The summed E-state index contributed by atoms with van der Waals surface area (Å²) in [6, 6.07) is 10.4. The number of thioether (sulfide) groups is 1. The highest BCUT2D eigenvalue weighted by Crippen LogP contribution is 2.25. The maximum Gasteiger partial charge on any atom is 0.0717 e. The lowest BCUT2D eigenvalue weighted by Gasteiger charge is -2.06. The smallest absolute Gasteiger partial charge is 0.0717 e. The lowest BCUT2D eigenvalue weighted by Crippen LogP contribution is -2.07. The molecule has 0 aliphatic rings. The van der Waals surface area contributed by atoms with Gasteiger partial charge in [-0.25, -0.2) is 0 Å². The number of fused-ring (bicyclic) bond motifs is 1. The van der Waals surface area contributed by atoms with E-state index in [2.05, 4.69) is 40.8 Å². The van der Waals surface area contributed by atoms with Crippen LogP contribution in [0.25, 0.3) is 10.9 Å². The summed E-state index contributed by atoms with van der Waals surface area (Å²) < 4.78 is 0. The van der Waals surface area contributed by atoms with Gasteiger partial charge in [0.15, 0.2) is 0 Å². The van der Waals surface area contributed by atoms with E-state index >= 15 is 0 Å². The fourth-order valence-electron chi connectivity index (χ4n) is 1.64. The Kier molecular flexibility index (Phi) is 3.23. The van der Waals surface area contributed by atoms with E-state index in [9.17, 15) is 0 Å². The molecule has 0 aliphatic heterocycles. The van der Waals surface area contributed by atoms with Crippen molar-refractivity contribution < 1.29 is 0 Å². The third kappa shape index (κ3) is 2.13. The zero-order chi connectivity index (χ0) is 10.7. The fraction of sp³-hybridized carbons (Fsp3) is 0.250. The molecule has 1 N–H and O–H groups in total. The van der Waals surface area contributed by atoms with Gasteiger partial charge in [-0.1, -0.05) is 18.2 Å². The summed E-state index contributed by atoms with van der Waals surface area (Å²) in [6.07, 6.45) is 2.10. The summed E-state index contributed by atoms with van der Waals surface area (Å²) in [4.78, 5) is 5.89. The number of para-hydroxylation sites is 1. The Labute approximate surface area is 94.1 Å². The third-order valence-electron chi connectivity index (χ3n) is 2.31. The molecule has 15 heavy (non-hydrogen) atoms. The summed E-state index contributed by atoms with van der Waals surface area (Å²) in [7, 11) is 1.94. The highest BCUT2D eigenvalue weighted by atomic mass is 32.2. The molecule has 0 saturated carbocycles. The van der Waals surface area contributed by atoms with Crippen molar-refractivity contribution in [3.05, 3.63) is 36.0 Å². The Bertz CT molecular complexity index is 468. The first kappa shape index (κ1) is 10.5. The second-order valence-electron chi connectivity index (χ2n) is 3.36. The summed E-state index contributed by atoms with van der Waals surface area (Å²) in [5.74, 6) is 0. The second-order valence-corrected chi connectivity index (χ2v) is 4.21. The van der Waals surface area contributed by atoms with Gasteiger partial charge < -0.3 is 5.32 Å². The number of pyridine rings is 1. The van der Waals surface area contributed by atoms with Gasteiger partial charge in [0.05, 0.1) is 11.2 Å². The summed E-state index contributed by atoms with van der Waals surface area (Å²) in [5, 5.41) is 4.37. The van der Waals surface area contributed by atoms with E-state index in [4.69, 9.17) is 0 Å². The van der Waals surface area contributed by atoms with E-state index in [0.717, 1.165) is 17.8 Å². The number of rotatable bonds is 3. The van der Waals surface area contributed by atoms with Crippen LogP contribution in [0.1, 0.15) is 5.69 Å². The second kappa shape index (κ2) is 4.64. The van der Waals surface area contributed by atoms with Crippen molar-refractivity contribution in [2.75, 3.05) is 13.3 Å².